The minimum atomic E-state index is -0.422. The third-order valence-electron chi connectivity index (χ3n) is 2.32. The van der Waals surface area contributed by atoms with Gasteiger partial charge < -0.3 is 4.90 Å². The van der Waals surface area contributed by atoms with Crippen LogP contribution in [-0.2, 0) is 11.3 Å². The van der Waals surface area contributed by atoms with E-state index >= 15 is 0 Å². The van der Waals surface area contributed by atoms with Crippen molar-refractivity contribution in [1.82, 2.24) is 4.90 Å². The smallest absolute Gasteiger partial charge is 0.223 e. The molecule has 5 heteroatoms. The van der Waals surface area contributed by atoms with Gasteiger partial charge in [0.2, 0.25) is 5.91 Å². The molecular formula is C12H12ClFN2O. The molecule has 0 fully saturated rings. The molecule has 0 spiro atoms. The molecule has 1 aromatic rings. The maximum atomic E-state index is 13.4. The van der Waals surface area contributed by atoms with Crippen LogP contribution in [-0.4, -0.2) is 23.7 Å². The third kappa shape index (κ3) is 3.72. The van der Waals surface area contributed by atoms with Crippen LogP contribution < -0.4 is 0 Å². The lowest BCUT2D eigenvalue weighted by Gasteiger charge is -2.17. The normalized spacial score (nSPS) is 9.76. The Bertz CT molecular complexity index is 456. The van der Waals surface area contributed by atoms with Crippen molar-refractivity contribution in [2.75, 3.05) is 12.9 Å². The van der Waals surface area contributed by atoms with Crippen LogP contribution in [0.15, 0.2) is 18.2 Å². The first-order valence-electron chi connectivity index (χ1n) is 5.07. The Balaban J connectivity index is 2.81. The monoisotopic (exact) mass is 254 g/mol. The number of hydrogen-bond donors (Lipinski definition) is 0. The standard InChI is InChI=1S/C12H12ClFN2O/c1-16(12(17)4-5-13)8-10-6-9(7-15)2-3-11(10)14/h2-3,6H,4-5,8H2,1H3. The Morgan fingerprint density at radius 3 is 2.88 bits per heavy atom. The molecule has 17 heavy (non-hydrogen) atoms. The number of nitrogens with zero attached hydrogens (tertiary/aromatic N) is 2. The summed E-state index contributed by atoms with van der Waals surface area (Å²) in [5.41, 5.74) is 0.703. The van der Waals surface area contributed by atoms with Crippen molar-refractivity contribution in [3.8, 4) is 6.07 Å². The molecule has 1 amide bonds. The molecule has 0 saturated carbocycles. The summed E-state index contributed by atoms with van der Waals surface area (Å²) in [5, 5.41) is 8.71. The summed E-state index contributed by atoms with van der Waals surface area (Å²) < 4.78 is 13.4. The van der Waals surface area contributed by atoms with Crippen molar-refractivity contribution < 1.29 is 9.18 Å². The number of amides is 1. The average molecular weight is 255 g/mol. The average Bonchev–Trinajstić information content (AvgIpc) is 2.32. The molecule has 0 atom stereocenters. The molecule has 0 heterocycles. The third-order valence-corrected chi connectivity index (χ3v) is 2.51. The van der Waals surface area contributed by atoms with Gasteiger partial charge in [-0.3, -0.25) is 4.79 Å². The Labute approximate surface area is 104 Å². The molecule has 0 unspecified atom stereocenters. The maximum absolute atomic E-state index is 13.4. The molecule has 0 aliphatic heterocycles. The Morgan fingerprint density at radius 1 is 1.59 bits per heavy atom. The van der Waals surface area contributed by atoms with Gasteiger partial charge in [0.05, 0.1) is 11.6 Å². The summed E-state index contributed by atoms with van der Waals surface area (Å²) in [4.78, 5) is 12.9. The van der Waals surface area contributed by atoms with Gasteiger partial charge in [-0.2, -0.15) is 5.26 Å². The van der Waals surface area contributed by atoms with Gasteiger partial charge in [0.25, 0.3) is 0 Å². The largest absolute Gasteiger partial charge is 0.341 e. The highest BCUT2D eigenvalue weighted by Crippen LogP contribution is 2.12. The fourth-order valence-electron chi connectivity index (χ4n) is 1.38. The lowest BCUT2D eigenvalue weighted by Crippen LogP contribution is -2.26. The highest BCUT2D eigenvalue weighted by atomic mass is 35.5. The fourth-order valence-corrected chi connectivity index (χ4v) is 1.54. The number of hydrogen-bond acceptors (Lipinski definition) is 2. The predicted molar refractivity (Wildman–Crippen MR) is 62.9 cm³/mol. The van der Waals surface area contributed by atoms with Gasteiger partial charge in [0, 0.05) is 31.5 Å². The number of halogens is 2. The first-order chi connectivity index (χ1) is 8.08. The van der Waals surface area contributed by atoms with Gasteiger partial charge in [-0.1, -0.05) is 0 Å². The summed E-state index contributed by atoms with van der Waals surface area (Å²) in [5.74, 6) is -0.333. The molecule has 90 valence electrons. The van der Waals surface area contributed by atoms with Crippen LogP contribution in [0.5, 0.6) is 0 Å². The molecule has 0 radical (unpaired) electrons. The van der Waals surface area contributed by atoms with Crippen LogP contribution >= 0.6 is 11.6 Å². The quantitative estimate of drug-likeness (QED) is 0.774. The number of alkyl halides is 1. The molecule has 3 nitrogen and oxygen atoms in total. The molecular weight excluding hydrogens is 243 g/mol. The topological polar surface area (TPSA) is 44.1 Å². The zero-order valence-electron chi connectivity index (χ0n) is 9.41. The van der Waals surface area contributed by atoms with E-state index in [9.17, 15) is 9.18 Å². The molecule has 1 aromatic carbocycles. The molecule has 0 bridgehead atoms. The zero-order valence-corrected chi connectivity index (χ0v) is 10.2. The van der Waals surface area contributed by atoms with E-state index in [2.05, 4.69) is 0 Å². The van der Waals surface area contributed by atoms with E-state index in [1.54, 1.807) is 7.05 Å². The summed E-state index contributed by atoms with van der Waals surface area (Å²) in [7, 11) is 1.58. The van der Waals surface area contributed by atoms with E-state index in [0.29, 0.717) is 11.1 Å². The molecule has 0 saturated heterocycles. The van der Waals surface area contributed by atoms with Gasteiger partial charge in [0.15, 0.2) is 0 Å². The molecule has 0 aliphatic rings. The first kappa shape index (κ1) is 13.5. The summed E-state index contributed by atoms with van der Waals surface area (Å²) in [6.45, 7) is 0.136. The van der Waals surface area contributed by atoms with Crippen LogP contribution in [0.3, 0.4) is 0 Å². The van der Waals surface area contributed by atoms with Crippen molar-refractivity contribution in [1.29, 1.82) is 5.26 Å². The van der Waals surface area contributed by atoms with Crippen molar-refractivity contribution >= 4 is 17.5 Å². The number of benzene rings is 1. The summed E-state index contributed by atoms with van der Waals surface area (Å²) >= 11 is 5.46. The van der Waals surface area contributed by atoms with Crippen molar-refractivity contribution in [2.45, 2.75) is 13.0 Å². The zero-order chi connectivity index (χ0) is 12.8. The second-order valence-corrected chi connectivity index (χ2v) is 3.98. The van der Waals surface area contributed by atoms with E-state index in [4.69, 9.17) is 16.9 Å². The molecule has 0 aliphatic carbocycles. The highest BCUT2D eigenvalue weighted by molar-refractivity contribution is 6.18. The Hall–Kier alpha value is -1.60. The number of nitriles is 1. The van der Waals surface area contributed by atoms with Crippen LogP contribution in [0, 0.1) is 17.1 Å². The van der Waals surface area contributed by atoms with E-state index in [1.165, 1.54) is 23.1 Å². The van der Waals surface area contributed by atoms with Gasteiger partial charge in [0.1, 0.15) is 5.82 Å². The molecule has 0 aromatic heterocycles. The highest BCUT2D eigenvalue weighted by Gasteiger charge is 2.11. The van der Waals surface area contributed by atoms with E-state index in [1.807, 2.05) is 6.07 Å². The summed E-state index contributed by atoms with van der Waals surface area (Å²) in [6.07, 6.45) is 0.220. The number of rotatable bonds is 4. The predicted octanol–water partition coefficient (Wildman–Crippen LogP) is 2.28. The van der Waals surface area contributed by atoms with Crippen molar-refractivity contribution in [3.05, 3.63) is 35.1 Å². The van der Waals surface area contributed by atoms with Crippen LogP contribution in [0.25, 0.3) is 0 Å². The lowest BCUT2D eigenvalue weighted by molar-refractivity contribution is -0.130. The van der Waals surface area contributed by atoms with Crippen molar-refractivity contribution in [3.63, 3.8) is 0 Å². The first-order valence-corrected chi connectivity index (χ1v) is 5.60. The van der Waals surface area contributed by atoms with Crippen LogP contribution in [0.4, 0.5) is 4.39 Å². The van der Waals surface area contributed by atoms with Gasteiger partial charge in [-0.15, -0.1) is 11.6 Å². The van der Waals surface area contributed by atoms with E-state index in [0.717, 1.165) is 0 Å². The molecule has 1 rings (SSSR count). The minimum Gasteiger partial charge on any atom is -0.341 e. The second-order valence-electron chi connectivity index (χ2n) is 3.61. The van der Waals surface area contributed by atoms with Gasteiger partial charge in [-0.25, -0.2) is 4.39 Å². The SMILES string of the molecule is CN(Cc1cc(C#N)ccc1F)C(=O)CCCl. The minimum absolute atomic E-state index is 0.136. The Kier molecular flexibility index (Phi) is 4.92. The van der Waals surface area contributed by atoms with Crippen LogP contribution in [0.1, 0.15) is 17.5 Å². The van der Waals surface area contributed by atoms with E-state index in [-0.39, 0.29) is 24.8 Å². The summed E-state index contributed by atoms with van der Waals surface area (Å²) in [6, 6.07) is 6.01. The van der Waals surface area contributed by atoms with Crippen molar-refractivity contribution in [2.24, 2.45) is 0 Å². The van der Waals surface area contributed by atoms with Gasteiger partial charge in [-0.05, 0) is 18.2 Å². The number of carbonyl (C=O) groups is 1. The maximum Gasteiger partial charge on any atom is 0.223 e. The van der Waals surface area contributed by atoms with E-state index < -0.39 is 5.82 Å². The fraction of sp³-hybridized carbons (Fsp3) is 0.333. The number of carbonyl (C=O) groups excluding carboxylic acids is 1. The second kappa shape index (κ2) is 6.21. The molecule has 0 N–H and O–H groups in total. The lowest BCUT2D eigenvalue weighted by atomic mass is 10.1. The Morgan fingerprint density at radius 2 is 2.29 bits per heavy atom. The van der Waals surface area contributed by atoms with Crippen LogP contribution in [0.2, 0.25) is 0 Å². The van der Waals surface area contributed by atoms with Gasteiger partial charge >= 0.3 is 0 Å².